The highest BCUT2D eigenvalue weighted by Gasteiger charge is 2.15. The zero-order valence-electron chi connectivity index (χ0n) is 15.7. The molecule has 2 aromatic carbocycles. The molecule has 0 saturated carbocycles. The number of nitrogens with zero attached hydrogens (tertiary/aromatic N) is 2. The van der Waals surface area contributed by atoms with E-state index in [9.17, 15) is 18.7 Å². The largest absolute Gasteiger partial charge is 0.508 e. The summed E-state index contributed by atoms with van der Waals surface area (Å²) in [6, 6.07) is 13.9. The van der Waals surface area contributed by atoms with Gasteiger partial charge in [-0.1, -0.05) is 6.07 Å². The van der Waals surface area contributed by atoms with E-state index in [0.29, 0.717) is 23.0 Å². The van der Waals surface area contributed by atoms with Crippen molar-refractivity contribution in [3.8, 4) is 5.75 Å². The first-order valence-electron chi connectivity index (χ1n) is 8.91. The molecule has 0 unspecified atom stereocenters. The lowest BCUT2D eigenvalue weighted by atomic mass is 10.1. The van der Waals surface area contributed by atoms with Crippen LogP contribution in [0.2, 0.25) is 0 Å². The van der Waals surface area contributed by atoms with Crippen molar-refractivity contribution in [1.29, 1.82) is 0 Å². The van der Waals surface area contributed by atoms with Crippen LogP contribution < -0.4 is 10.9 Å². The minimum absolute atomic E-state index is 0.0141. The summed E-state index contributed by atoms with van der Waals surface area (Å²) in [6.07, 6.45) is 0. The SMILES string of the molecule is Cc1cccc(NC(=O)c2cc3ccc(O)cc3oc2=Nc2ccc(F)cc2F)n1. The standard InChI is InChI=1S/C22H15F2N3O3/c1-12-3-2-4-20(25-12)27-21(29)16-9-13-5-7-15(28)11-19(13)30-22(16)26-18-8-6-14(23)10-17(18)24/h2-11,28H,1H3,(H,25,27,29). The van der Waals surface area contributed by atoms with Gasteiger partial charge in [0.1, 0.15) is 34.2 Å². The van der Waals surface area contributed by atoms with Gasteiger partial charge < -0.3 is 14.8 Å². The maximum Gasteiger partial charge on any atom is 0.262 e. The highest BCUT2D eigenvalue weighted by atomic mass is 19.1. The van der Waals surface area contributed by atoms with Crippen molar-refractivity contribution >= 4 is 28.4 Å². The van der Waals surface area contributed by atoms with Crippen molar-refractivity contribution in [2.24, 2.45) is 4.99 Å². The van der Waals surface area contributed by atoms with Crippen molar-refractivity contribution in [2.75, 3.05) is 5.32 Å². The Morgan fingerprint density at radius 3 is 2.70 bits per heavy atom. The molecule has 2 N–H and O–H groups in total. The Kier molecular flexibility index (Phi) is 4.97. The molecule has 0 radical (unpaired) electrons. The molecule has 0 fully saturated rings. The third-order valence-electron chi connectivity index (χ3n) is 4.24. The first-order valence-corrected chi connectivity index (χ1v) is 8.91. The van der Waals surface area contributed by atoms with Crippen molar-refractivity contribution in [2.45, 2.75) is 6.92 Å². The molecule has 0 aliphatic carbocycles. The molecule has 4 aromatic rings. The molecule has 30 heavy (non-hydrogen) atoms. The van der Waals surface area contributed by atoms with Gasteiger partial charge in [0.15, 0.2) is 5.82 Å². The number of aromatic hydroxyl groups is 1. The predicted octanol–water partition coefficient (Wildman–Crippen LogP) is 4.60. The topological polar surface area (TPSA) is 87.7 Å². The molecule has 8 heteroatoms. The number of carbonyl (C=O) groups excluding carboxylic acids is 1. The molecule has 1 amide bonds. The fourth-order valence-electron chi connectivity index (χ4n) is 2.83. The van der Waals surface area contributed by atoms with Crippen LogP contribution in [0.15, 0.2) is 70.1 Å². The number of benzene rings is 2. The highest BCUT2D eigenvalue weighted by molar-refractivity contribution is 6.05. The number of hydrogen-bond donors (Lipinski definition) is 2. The Hall–Kier alpha value is -4.07. The molecule has 0 spiro atoms. The second kappa shape index (κ2) is 7.75. The molecular formula is C22H15F2N3O3. The van der Waals surface area contributed by atoms with Crippen molar-refractivity contribution in [1.82, 2.24) is 4.98 Å². The van der Waals surface area contributed by atoms with Crippen LogP contribution in [0.3, 0.4) is 0 Å². The third kappa shape index (κ3) is 4.02. The molecule has 0 aliphatic heterocycles. The molecule has 0 aliphatic rings. The molecular weight excluding hydrogens is 392 g/mol. The lowest BCUT2D eigenvalue weighted by Crippen LogP contribution is -2.22. The molecule has 0 saturated heterocycles. The maximum absolute atomic E-state index is 14.1. The molecule has 2 heterocycles. The van der Waals surface area contributed by atoms with Crippen LogP contribution in [-0.4, -0.2) is 16.0 Å². The fraction of sp³-hybridized carbons (Fsp3) is 0.0455. The van der Waals surface area contributed by atoms with Gasteiger partial charge in [-0.2, -0.15) is 0 Å². The lowest BCUT2D eigenvalue weighted by Gasteiger charge is -2.07. The van der Waals surface area contributed by atoms with E-state index < -0.39 is 17.5 Å². The first-order chi connectivity index (χ1) is 14.4. The number of hydrogen-bond acceptors (Lipinski definition) is 5. The van der Waals surface area contributed by atoms with Gasteiger partial charge in [-0.3, -0.25) is 4.79 Å². The number of phenolic OH excluding ortho intramolecular Hbond substituents is 1. The van der Waals surface area contributed by atoms with Gasteiger partial charge in [0, 0.05) is 23.2 Å². The van der Waals surface area contributed by atoms with Crippen LogP contribution in [0, 0.1) is 18.6 Å². The van der Waals surface area contributed by atoms with Crippen molar-refractivity contribution in [3.63, 3.8) is 0 Å². The summed E-state index contributed by atoms with van der Waals surface area (Å²) < 4.78 is 33.0. The summed E-state index contributed by atoms with van der Waals surface area (Å²) in [7, 11) is 0. The van der Waals surface area contributed by atoms with E-state index in [0.717, 1.165) is 12.1 Å². The van der Waals surface area contributed by atoms with Crippen LogP contribution in [0.25, 0.3) is 11.0 Å². The van der Waals surface area contributed by atoms with Crippen molar-refractivity contribution < 1.29 is 23.1 Å². The van der Waals surface area contributed by atoms with Gasteiger partial charge in [-0.25, -0.2) is 18.8 Å². The number of pyridine rings is 1. The normalized spacial score (nSPS) is 11.6. The van der Waals surface area contributed by atoms with E-state index in [-0.39, 0.29) is 28.1 Å². The number of anilines is 1. The average molecular weight is 407 g/mol. The number of aromatic nitrogens is 1. The fourth-order valence-corrected chi connectivity index (χ4v) is 2.83. The average Bonchev–Trinajstić information content (AvgIpc) is 2.69. The van der Waals surface area contributed by atoms with Gasteiger partial charge in [0.2, 0.25) is 5.55 Å². The number of rotatable bonds is 3. The van der Waals surface area contributed by atoms with Crippen LogP contribution in [0.4, 0.5) is 20.3 Å². The summed E-state index contributed by atoms with van der Waals surface area (Å²) in [5, 5.41) is 12.9. The Labute approximate surface area is 169 Å². The van der Waals surface area contributed by atoms with Crippen LogP contribution in [-0.2, 0) is 0 Å². The molecule has 6 nitrogen and oxygen atoms in total. The Balaban J connectivity index is 1.88. The van der Waals surface area contributed by atoms with E-state index in [1.165, 1.54) is 18.2 Å². The molecule has 4 rings (SSSR count). The van der Waals surface area contributed by atoms with E-state index in [4.69, 9.17) is 4.42 Å². The monoisotopic (exact) mass is 407 g/mol. The molecule has 150 valence electrons. The summed E-state index contributed by atoms with van der Waals surface area (Å²) >= 11 is 0. The summed E-state index contributed by atoms with van der Waals surface area (Å²) in [5.41, 5.74) is 0.553. The first kappa shape index (κ1) is 19.3. The van der Waals surface area contributed by atoms with Gasteiger partial charge in [0.05, 0.1) is 0 Å². The Morgan fingerprint density at radius 1 is 1.10 bits per heavy atom. The van der Waals surface area contributed by atoms with Gasteiger partial charge in [0.25, 0.3) is 5.91 Å². The van der Waals surface area contributed by atoms with E-state index >= 15 is 0 Å². The number of halogens is 2. The predicted molar refractivity (Wildman–Crippen MR) is 106 cm³/mol. The smallest absolute Gasteiger partial charge is 0.262 e. The second-order valence-electron chi connectivity index (χ2n) is 6.51. The van der Waals surface area contributed by atoms with Crippen LogP contribution in [0.5, 0.6) is 5.75 Å². The number of amides is 1. The summed E-state index contributed by atoms with van der Waals surface area (Å²) in [6.45, 7) is 1.78. The third-order valence-corrected chi connectivity index (χ3v) is 4.24. The lowest BCUT2D eigenvalue weighted by molar-refractivity contribution is 0.102. The highest BCUT2D eigenvalue weighted by Crippen LogP contribution is 2.22. The number of nitrogens with one attached hydrogen (secondary N) is 1. The number of aryl methyl sites for hydroxylation is 1. The molecule has 0 bridgehead atoms. The van der Waals surface area contributed by atoms with Gasteiger partial charge in [-0.15, -0.1) is 0 Å². The minimum atomic E-state index is -0.909. The van der Waals surface area contributed by atoms with Gasteiger partial charge >= 0.3 is 0 Å². The zero-order valence-corrected chi connectivity index (χ0v) is 15.7. The van der Waals surface area contributed by atoms with Crippen molar-refractivity contribution in [3.05, 3.63) is 89.1 Å². The number of fused-ring (bicyclic) bond motifs is 1. The van der Waals surface area contributed by atoms with E-state index in [1.54, 1.807) is 31.2 Å². The van der Waals surface area contributed by atoms with Gasteiger partial charge in [-0.05, 0) is 49.4 Å². The Morgan fingerprint density at radius 2 is 1.93 bits per heavy atom. The van der Waals surface area contributed by atoms with Crippen LogP contribution in [0.1, 0.15) is 16.1 Å². The quantitative estimate of drug-likeness (QED) is 0.519. The Bertz CT molecular complexity index is 1350. The molecule has 0 atom stereocenters. The van der Waals surface area contributed by atoms with E-state index in [2.05, 4.69) is 15.3 Å². The van der Waals surface area contributed by atoms with E-state index in [1.807, 2.05) is 0 Å². The molecule has 2 aromatic heterocycles. The maximum atomic E-state index is 14.1. The number of carbonyl (C=O) groups is 1. The summed E-state index contributed by atoms with van der Waals surface area (Å²) in [5.74, 6) is -1.97. The second-order valence-corrected chi connectivity index (χ2v) is 6.51. The number of phenols is 1. The minimum Gasteiger partial charge on any atom is -0.508 e. The van der Waals surface area contributed by atoms with Crippen LogP contribution >= 0.6 is 0 Å². The summed E-state index contributed by atoms with van der Waals surface area (Å²) in [4.78, 5) is 21.2. The zero-order chi connectivity index (χ0) is 21.3.